The summed E-state index contributed by atoms with van der Waals surface area (Å²) in [6, 6.07) is 0. The molecule has 1 saturated heterocycles. The quantitative estimate of drug-likeness (QED) is 0.452. The maximum Gasteiger partial charge on any atom is 0.186 e. The molecule has 6 heteroatoms. The van der Waals surface area contributed by atoms with Crippen molar-refractivity contribution >= 4 is 0 Å². The number of hydrogen-bond acceptors (Lipinski definition) is 6. The zero-order chi connectivity index (χ0) is 15.0. The minimum absolute atomic E-state index is 0.425. The second kappa shape index (κ2) is 9.65. The number of hydrogen-bond donors (Lipinski definition) is 4. The lowest BCUT2D eigenvalue weighted by Crippen LogP contribution is -2.59. The third kappa shape index (κ3) is 5.27. The van der Waals surface area contributed by atoms with Crippen LogP contribution in [-0.2, 0) is 9.47 Å². The van der Waals surface area contributed by atoms with Crippen molar-refractivity contribution in [1.29, 1.82) is 0 Å². The van der Waals surface area contributed by atoms with Gasteiger partial charge in [-0.3, -0.25) is 0 Å². The highest BCUT2D eigenvalue weighted by molar-refractivity contribution is 4.88. The molecule has 5 unspecified atom stereocenters. The number of aliphatic hydroxyl groups is 4. The molecule has 4 N–H and O–H groups in total. The van der Waals surface area contributed by atoms with E-state index in [4.69, 9.17) is 14.6 Å². The summed E-state index contributed by atoms with van der Waals surface area (Å²) in [4.78, 5) is 0. The van der Waals surface area contributed by atoms with Gasteiger partial charge in [0.25, 0.3) is 0 Å². The maximum absolute atomic E-state index is 9.75. The molecule has 1 fully saturated rings. The Bertz CT molecular complexity index is 248. The molecule has 1 aliphatic heterocycles. The largest absolute Gasteiger partial charge is 0.394 e. The van der Waals surface area contributed by atoms with Crippen molar-refractivity contribution in [2.75, 3.05) is 13.2 Å². The summed E-state index contributed by atoms with van der Waals surface area (Å²) in [5, 5.41) is 38.0. The molecule has 0 aliphatic carbocycles. The van der Waals surface area contributed by atoms with Crippen LogP contribution in [0.25, 0.3) is 0 Å². The highest BCUT2D eigenvalue weighted by atomic mass is 16.7. The Kier molecular flexibility index (Phi) is 8.60. The van der Waals surface area contributed by atoms with Gasteiger partial charge in [0.05, 0.1) is 6.61 Å². The van der Waals surface area contributed by atoms with Crippen LogP contribution in [-0.4, -0.2) is 64.3 Å². The SMILES string of the molecule is CCCCCCCCOC1OC(CO)C(O)C(O)C1O. The van der Waals surface area contributed by atoms with Crippen molar-refractivity contribution in [1.82, 2.24) is 0 Å². The fourth-order valence-electron chi connectivity index (χ4n) is 2.29. The maximum atomic E-state index is 9.75. The fraction of sp³-hybridized carbons (Fsp3) is 1.00. The highest BCUT2D eigenvalue weighted by Gasteiger charge is 2.43. The second-order valence-electron chi connectivity index (χ2n) is 5.34. The number of rotatable bonds is 9. The van der Waals surface area contributed by atoms with Gasteiger partial charge in [0.15, 0.2) is 6.29 Å². The Hall–Kier alpha value is -0.240. The van der Waals surface area contributed by atoms with Crippen molar-refractivity contribution in [2.45, 2.75) is 76.2 Å². The van der Waals surface area contributed by atoms with Crippen molar-refractivity contribution in [3.63, 3.8) is 0 Å². The van der Waals surface area contributed by atoms with E-state index in [-0.39, 0.29) is 0 Å². The molecular formula is C14H28O6. The Morgan fingerprint density at radius 2 is 1.55 bits per heavy atom. The van der Waals surface area contributed by atoms with Crippen LogP contribution in [0.3, 0.4) is 0 Å². The predicted octanol–water partition coefficient (Wildman–Crippen LogP) is 0.163. The highest BCUT2D eigenvalue weighted by Crippen LogP contribution is 2.22. The van der Waals surface area contributed by atoms with E-state index in [0.29, 0.717) is 6.61 Å². The van der Waals surface area contributed by atoms with Crippen molar-refractivity contribution in [2.24, 2.45) is 0 Å². The zero-order valence-corrected chi connectivity index (χ0v) is 12.1. The van der Waals surface area contributed by atoms with Gasteiger partial charge in [-0.15, -0.1) is 0 Å². The smallest absolute Gasteiger partial charge is 0.186 e. The summed E-state index contributed by atoms with van der Waals surface area (Å²) in [5.41, 5.74) is 0. The van der Waals surface area contributed by atoms with E-state index < -0.39 is 37.3 Å². The number of ether oxygens (including phenoxy) is 2. The molecule has 20 heavy (non-hydrogen) atoms. The van der Waals surface area contributed by atoms with E-state index in [1.165, 1.54) is 19.3 Å². The summed E-state index contributed by atoms with van der Waals surface area (Å²) in [5.74, 6) is 0. The molecule has 5 atom stereocenters. The predicted molar refractivity (Wildman–Crippen MR) is 73.1 cm³/mol. The Morgan fingerprint density at radius 1 is 0.900 bits per heavy atom. The summed E-state index contributed by atoms with van der Waals surface area (Å²) < 4.78 is 10.6. The third-order valence-electron chi connectivity index (χ3n) is 3.63. The number of aliphatic hydroxyl groups excluding tert-OH is 4. The minimum Gasteiger partial charge on any atom is -0.394 e. The van der Waals surface area contributed by atoms with Crippen LogP contribution in [0.5, 0.6) is 0 Å². The first-order valence-electron chi connectivity index (χ1n) is 7.54. The van der Waals surface area contributed by atoms with E-state index in [0.717, 1.165) is 19.3 Å². The van der Waals surface area contributed by atoms with E-state index in [1.807, 2.05) is 0 Å². The van der Waals surface area contributed by atoms with Crippen molar-refractivity contribution < 1.29 is 29.9 Å². The van der Waals surface area contributed by atoms with Crippen LogP contribution in [0.4, 0.5) is 0 Å². The first-order valence-corrected chi connectivity index (χ1v) is 7.54. The molecule has 0 amide bonds. The molecule has 0 aromatic carbocycles. The molecular weight excluding hydrogens is 264 g/mol. The minimum atomic E-state index is -1.37. The van der Waals surface area contributed by atoms with Crippen LogP contribution in [0.15, 0.2) is 0 Å². The average Bonchev–Trinajstić information content (AvgIpc) is 2.46. The van der Waals surface area contributed by atoms with Gasteiger partial charge in [0.1, 0.15) is 24.4 Å². The Balaban J connectivity index is 2.21. The molecule has 0 spiro atoms. The van der Waals surface area contributed by atoms with Gasteiger partial charge in [-0.05, 0) is 6.42 Å². The molecule has 1 heterocycles. The first kappa shape index (κ1) is 17.8. The average molecular weight is 292 g/mol. The Morgan fingerprint density at radius 3 is 2.20 bits per heavy atom. The standard InChI is InChI=1S/C14H28O6/c1-2-3-4-5-6-7-8-19-14-13(18)12(17)11(16)10(9-15)20-14/h10-18H,2-9H2,1H3. The lowest BCUT2D eigenvalue weighted by Gasteiger charge is -2.39. The van der Waals surface area contributed by atoms with E-state index in [2.05, 4.69) is 6.92 Å². The molecule has 0 aromatic heterocycles. The summed E-state index contributed by atoms with van der Waals surface area (Å²) >= 11 is 0. The van der Waals surface area contributed by atoms with Gasteiger partial charge in [-0.1, -0.05) is 39.0 Å². The molecule has 120 valence electrons. The van der Waals surface area contributed by atoms with Crippen LogP contribution >= 0.6 is 0 Å². The van der Waals surface area contributed by atoms with Crippen LogP contribution < -0.4 is 0 Å². The first-order chi connectivity index (χ1) is 9.61. The van der Waals surface area contributed by atoms with Gasteiger partial charge in [0.2, 0.25) is 0 Å². The molecule has 0 bridgehead atoms. The molecule has 0 aromatic rings. The van der Waals surface area contributed by atoms with Gasteiger partial charge >= 0.3 is 0 Å². The van der Waals surface area contributed by atoms with E-state index in [1.54, 1.807) is 0 Å². The third-order valence-corrected chi connectivity index (χ3v) is 3.63. The number of unbranched alkanes of at least 4 members (excludes halogenated alkanes) is 5. The van der Waals surface area contributed by atoms with Crippen molar-refractivity contribution in [3.8, 4) is 0 Å². The van der Waals surface area contributed by atoms with Gasteiger partial charge in [0, 0.05) is 6.61 Å². The Labute approximate surface area is 120 Å². The van der Waals surface area contributed by atoms with Gasteiger partial charge in [-0.2, -0.15) is 0 Å². The molecule has 1 aliphatic rings. The summed E-state index contributed by atoms with van der Waals surface area (Å²) in [6.45, 7) is 2.17. The second-order valence-corrected chi connectivity index (χ2v) is 5.34. The monoisotopic (exact) mass is 292 g/mol. The molecule has 6 nitrogen and oxygen atoms in total. The zero-order valence-electron chi connectivity index (χ0n) is 12.1. The van der Waals surface area contributed by atoms with Gasteiger partial charge in [-0.25, -0.2) is 0 Å². The lowest BCUT2D eigenvalue weighted by atomic mass is 9.99. The molecule has 0 saturated carbocycles. The summed E-state index contributed by atoms with van der Waals surface area (Å²) in [6.07, 6.45) is 0.851. The molecule has 0 radical (unpaired) electrons. The van der Waals surface area contributed by atoms with E-state index >= 15 is 0 Å². The normalized spacial score (nSPS) is 34.4. The van der Waals surface area contributed by atoms with Gasteiger partial charge < -0.3 is 29.9 Å². The summed E-state index contributed by atoms with van der Waals surface area (Å²) in [7, 11) is 0. The van der Waals surface area contributed by atoms with Crippen LogP contribution in [0.1, 0.15) is 45.4 Å². The molecule has 1 rings (SSSR count). The lowest BCUT2D eigenvalue weighted by molar-refractivity contribution is -0.301. The van der Waals surface area contributed by atoms with Crippen molar-refractivity contribution in [3.05, 3.63) is 0 Å². The topological polar surface area (TPSA) is 99.4 Å². The van der Waals surface area contributed by atoms with Crippen LogP contribution in [0.2, 0.25) is 0 Å². The van der Waals surface area contributed by atoms with E-state index in [9.17, 15) is 15.3 Å². The van der Waals surface area contributed by atoms with Crippen LogP contribution in [0, 0.1) is 0 Å². The fourth-order valence-corrected chi connectivity index (χ4v) is 2.29.